The van der Waals surface area contributed by atoms with E-state index in [2.05, 4.69) is 25.9 Å². The van der Waals surface area contributed by atoms with Gasteiger partial charge in [-0.05, 0) is 70.0 Å². The first-order chi connectivity index (χ1) is 19.3. The second-order valence-corrected chi connectivity index (χ2v) is 11.1. The fourth-order valence-electron chi connectivity index (χ4n) is 3.33. The normalized spacial score (nSPS) is 11.1. The summed E-state index contributed by atoms with van der Waals surface area (Å²) in [5, 5.41) is 18.8. The molecule has 41 heavy (non-hydrogen) atoms. The molecule has 2 heterocycles. The zero-order valence-corrected chi connectivity index (χ0v) is 24.2. The maximum absolute atomic E-state index is 12.9. The zero-order chi connectivity index (χ0) is 30.2. The van der Waals surface area contributed by atoms with Gasteiger partial charge in [0.2, 0.25) is 0 Å². The topological polar surface area (TPSA) is 172 Å². The minimum Gasteiger partial charge on any atom is -0.444 e. The highest BCUT2D eigenvalue weighted by Gasteiger charge is 2.20. The Morgan fingerprint density at radius 2 is 1.66 bits per heavy atom. The minimum atomic E-state index is -0.682. The molecule has 0 bridgehead atoms. The number of aromatic nitrogens is 2. The van der Waals surface area contributed by atoms with Crippen molar-refractivity contribution in [1.82, 2.24) is 19.8 Å². The Morgan fingerprint density at radius 1 is 0.976 bits per heavy atom. The standard InChI is InChI=1S/C26H32N8O6S/c1-26(2,3)40-25(37)30-19-9-7-6-8-18(19)29-22(35)20-11-10-17(14-27-20)16-33(13-12-32(4)5)24(36)31-23-28-15-21(41-23)34(38)39/h6-11,14-15H,12-13,16H2,1-5H3,(H,29,35)(H,30,37)(H,28,31,36). The van der Waals surface area contributed by atoms with Gasteiger partial charge in [0.25, 0.3) is 5.91 Å². The van der Waals surface area contributed by atoms with Crippen LogP contribution < -0.4 is 16.0 Å². The third-order valence-electron chi connectivity index (χ3n) is 5.23. The summed E-state index contributed by atoms with van der Waals surface area (Å²) in [5.41, 5.74) is 0.828. The Bertz CT molecular complexity index is 1390. The lowest BCUT2D eigenvalue weighted by atomic mass is 10.2. The van der Waals surface area contributed by atoms with Gasteiger partial charge >= 0.3 is 17.1 Å². The molecule has 15 heteroatoms. The lowest BCUT2D eigenvalue weighted by Gasteiger charge is -2.24. The number of pyridine rings is 1. The van der Waals surface area contributed by atoms with Crippen LogP contribution in [0, 0.1) is 10.1 Å². The first-order valence-corrected chi connectivity index (χ1v) is 13.3. The van der Waals surface area contributed by atoms with E-state index in [0.717, 1.165) is 17.5 Å². The number of carbonyl (C=O) groups is 3. The van der Waals surface area contributed by atoms with Crippen LogP contribution in [0.3, 0.4) is 0 Å². The first kappa shape index (κ1) is 30.9. The van der Waals surface area contributed by atoms with Gasteiger partial charge in [0.15, 0.2) is 5.13 Å². The molecule has 0 fully saturated rings. The molecular formula is C26H32N8O6S. The lowest BCUT2D eigenvalue weighted by Crippen LogP contribution is -2.39. The maximum Gasteiger partial charge on any atom is 0.412 e. The molecule has 0 atom stereocenters. The summed E-state index contributed by atoms with van der Waals surface area (Å²) in [6, 6.07) is 9.42. The van der Waals surface area contributed by atoms with Crippen LogP contribution in [-0.4, -0.2) is 75.5 Å². The van der Waals surface area contributed by atoms with Gasteiger partial charge in [0, 0.05) is 25.8 Å². The van der Waals surface area contributed by atoms with Crippen molar-refractivity contribution in [3.63, 3.8) is 0 Å². The summed E-state index contributed by atoms with van der Waals surface area (Å²) in [5.74, 6) is -0.498. The number of amides is 4. The predicted molar refractivity (Wildman–Crippen MR) is 155 cm³/mol. The molecule has 0 saturated carbocycles. The number of anilines is 3. The van der Waals surface area contributed by atoms with Gasteiger partial charge in [-0.25, -0.2) is 14.6 Å². The zero-order valence-electron chi connectivity index (χ0n) is 23.3. The number of hydrogen-bond donors (Lipinski definition) is 3. The number of hydrogen-bond acceptors (Lipinski definition) is 10. The fraction of sp³-hybridized carbons (Fsp3) is 0.346. The monoisotopic (exact) mass is 584 g/mol. The number of nitrogens with one attached hydrogen (secondary N) is 3. The van der Waals surface area contributed by atoms with Gasteiger partial charge in [0.1, 0.15) is 17.5 Å². The van der Waals surface area contributed by atoms with Crippen LogP contribution in [-0.2, 0) is 11.3 Å². The molecule has 3 N–H and O–H groups in total. The Morgan fingerprint density at radius 3 is 2.22 bits per heavy atom. The third-order valence-corrected chi connectivity index (χ3v) is 6.10. The second-order valence-electron chi connectivity index (χ2n) is 10.1. The van der Waals surface area contributed by atoms with Gasteiger partial charge in [-0.1, -0.05) is 18.2 Å². The SMILES string of the molecule is CN(C)CCN(Cc1ccc(C(=O)Nc2ccccc2NC(=O)OC(C)(C)C)nc1)C(=O)Nc1ncc([N+](=O)[O-])s1. The van der Waals surface area contributed by atoms with E-state index >= 15 is 0 Å². The van der Waals surface area contributed by atoms with Crippen LogP contribution in [0.25, 0.3) is 0 Å². The van der Waals surface area contributed by atoms with Crippen LogP contribution in [0.15, 0.2) is 48.8 Å². The number of urea groups is 1. The van der Waals surface area contributed by atoms with E-state index in [1.165, 1.54) is 17.2 Å². The van der Waals surface area contributed by atoms with Crippen molar-refractivity contribution in [3.05, 3.63) is 70.2 Å². The highest BCUT2D eigenvalue weighted by molar-refractivity contribution is 7.18. The lowest BCUT2D eigenvalue weighted by molar-refractivity contribution is -0.380. The molecule has 0 spiro atoms. The summed E-state index contributed by atoms with van der Waals surface area (Å²) in [6.07, 6.45) is 1.92. The summed E-state index contributed by atoms with van der Waals surface area (Å²) < 4.78 is 5.28. The number of nitrogens with zero attached hydrogens (tertiary/aromatic N) is 5. The van der Waals surface area contributed by atoms with E-state index in [-0.39, 0.29) is 22.4 Å². The van der Waals surface area contributed by atoms with Gasteiger partial charge < -0.3 is 19.9 Å². The number of ether oxygens (including phenoxy) is 1. The Hall–Kier alpha value is -4.63. The van der Waals surface area contributed by atoms with Crippen molar-refractivity contribution in [2.45, 2.75) is 32.9 Å². The summed E-state index contributed by atoms with van der Waals surface area (Å²) in [6.45, 7) is 6.34. The van der Waals surface area contributed by atoms with Crippen LogP contribution in [0.4, 0.5) is 31.1 Å². The summed E-state index contributed by atoms with van der Waals surface area (Å²) >= 11 is 0.763. The molecule has 0 unspecified atom stereocenters. The highest BCUT2D eigenvalue weighted by Crippen LogP contribution is 2.25. The Balaban J connectivity index is 1.67. The van der Waals surface area contributed by atoms with E-state index in [4.69, 9.17) is 4.74 Å². The molecule has 0 aliphatic heterocycles. The second kappa shape index (κ2) is 13.6. The summed E-state index contributed by atoms with van der Waals surface area (Å²) in [7, 11) is 3.74. The number of likely N-dealkylation sites (N-methyl/N-ethyl adjacent to an activating group) is 1. The van der Waals surface area contributed by atoms with Crippen molar-refractivity contribution < 1.29 is 24.0 Å². The smallest absolute Gasteiger partial charge is 0.412 e. The van der Waals surface area contributed by atoms with Crippen molar-refractivity contribution in [1.29, 1.82) is 0 Å². The number of benzene rings is 1. The van der Waals surface area contributed by atoms with E-state index in [1.54, 1.807) is 51.1 Å². The van der Waals surface area contributed by atoms with Gasteiger partial charge in [-0.2, -0.15) is 0 Å². The van der Waals surface area contributed by atoms with Gasteiger partial charge in [-0.3, -0.25) is 30.5 Å². The quantitative estimate of drug-likeness (QED) is 0.227. The molecule has 0 radical (unpaired) electrons. The number of para-hydroxylation sites is 2. The van der Waals surface area contributed by atoms with Crippen molar-refractivity contribution in [2.75, 3.05) is 43.1 Å². The van der Waals surface area contributed by atoms with E-state index < -0.39 is 28.6 Å². The number of carbonyl (C=O) groups excluding carboxylic acids is 3. The molecular weight excluding hydrogens is 552 g/mol. The molecule has 2 aromatic heterocycles. The van der Waals surface area contributed by atoms with Crippen molar-refractivity contribution >= 4 is 50.9 Å². The number of nitro groups is 1. The van der Waals surface area contributed by atoms with Crippen molar-refractivity contribution in [3.8, 4) is 0 Å². The van der Waals surface area contributed by atoms with E-state index in [0.29, 0.717) is 30.0 Å². The van der Waals surface area contributed by atoms with Crippen LogP contribution in [0.5, 0.6) is 0 Å². The number of thiazole rings is 1. The molecule has 14 nitrogen and oxygen atoms in total. The van der Waals surface area contributed by atoms with E-state index in [9.17, 15) is 24.5 Å². The molecule has 4 amide bonds. The minimum absolute atomic E-state index is 0.114. The van der Waals surface area contributed by atoms with Crippen LogP contribution >= 0.6 is 11.3 Å². The third kappa shape index (κ3) is 9.81. The molecule has 3 rings (SSSR count). The van der Waals surface area contributed by atoms with Gasteiger partial charge in [-0.15, -0.1) is 0 Å². The van der Waals surface area contributed by atoms with Crippen molar-refractivity contribution in [2.24, 2.45) is 0 Å². The highest BCUT2D eigenvalue weighted by atomic mass is 32.1. The van der Waals surface area contributed by atoms with E-state index in [1.807, 2.05) is 19.0 Å². The average molecular weight is 585 g/mol. The molecule has 1 aromatic carbocycles. The Labute approximate surface area is 240 Å². The van der Waals surface area contributed by atoms with Gasteiger partial charge in [0.05, 0.1) is 16.3 Å². The van der Waals surface area contributed by atoms with Crippen LogP contribution in [0.2, 0.25) is 0 Å². The fourth-order valence-corrected chi connectivity index (χ4v) is 3.95. The molecule has 0 aliphatic rings. The largest absolute Gasteiger partial charge is 0.444 e. The first-order valence-electron chi connectivity index (χ1n) is 12.5. The molecule has 0 saturated heterocycles. The average Bonchev–Trinajstić information content (AvgIpc) is 3.35. The molecule has 0 aliphatic carbocycles. The molecule has 3 aromatic rings. The van der Waals surface area contributed by atoms with Crippen LogP contribution in [0.1, 0.15) is 36.8 Å². The number of rotatable bonds is 10. The molecule has 218 valence electrons. The maximum atomic E-state index is 12.9. The predicted octanol–water partition coefficient (Wildman–Crippen LogP) is 4.64. The Kier molecular flexibility index (Phi) is 10.3. The summed E-state index contributed by atoms with van der Waals surface area (Å²) in [4.78, 5) is 60.0.